The van der Waals surface area contributed by atoms with Gasteiger partial charge in [-0.2, -0.15) is 0 Å². The van der Waals surface area contributed by atoms with E-state index < -0.39 is 5.50 Å². The second-order valence-electron chi connectivity index (χ2n) is 4.52. The van der Waals surface area contributed by atoms with Crippen LogP contribution >= 0.6 is 23.2 Å². The van der Waals surface area contributed by atoms with Crippen molar-refractivity contribution in [3.05, 3.63) is 29.3 Å². The first kappa shape index (κ1) is 13.7. The molecule has 0 aromatic heterocycles. The summed E-state index contributed by atoms with van der Waals surface area (Å²) >= 11 is 11.9. The minimum absolute atomic E-state index is 0.252. The zero-order valence-electron chi connectivity index (χ0n) is 10.2. The highest BCUT2D eigenvalue weighted by Crippen LogP contribution is 2.22. The minimum Gasteiger partial charge on any atom is -0.369 e. The first-order valence-electron chi connectivity index (χ1n) is 5.97. The van der Waals surface area contributed by atoms with Gasteiger partial charge in [-0.1, -0.05) is 23.2 Å². The van der Waals surface area contributed by atoms with E-state index in [1.165, 1.54) is 0 Å². The highest BCUT2D eigenvalue weighted by Gasteiger charge is 2.28. The van der Waals surface area contributed by atoms with Crippen LogP contribution in [0.4, 0.5) is 5.69 Å². The largest absolute Gasteiger partial charge is 0.369 e. The normalized spacial score (nSPS) is 22.8. The summed E-state index contributed by atoms with van der Waals surface area (Å²) in [7, 11) is 0. The molecule has 0 amide bonds. The van der Waals surface area contributed by atoms with Crippen LogP contribution in [-0.2, 0) is 4.79 Å². The van der Waals surface area contributed by atoms with Crippen LogP contribution in [0.2, 0.25) is 5.02 Å². The molecule has 0 N–H and O–H groups in total. The molecule has 1 aromatic carbocycles. The molecule has 1 saturated heterocycles. The maximum absolute atomic E-state index is 10.7. The predicted octanol–water partition coefficient (Wildman–Crippen LogP) is 2.61. The molecule has 3 nitrogen and oxygen atoms in total. The Morgan fingerprint density at radius 2 is 2.00 bits per heavy atom. The average molecular weight is 287 g/mol. The Bertz CT molecular complexity index is 410. The van der Waals surface area contributed by atoms with Crippen molar-refractivity contribution < 1.29 is 4.79 Å². The van der Waals surface area contributed by atoms with E-state index in [4.69, 9.17) is 23.2 Å². The predicted molar refractivity (Wildman–Crippen MR) is 75.5 cm³/mol. The summed E-state index contributed by atoms with van der Waals surface area (Å²) in [4.78, 5) is 15.0. The number of alkyl halides is 1. The van der Waals surface area contributed by atoms with Crippen LogP contribution in [0.15, 0.2) is 24.3 Å². The molecule has 0 aliphatic carbocycles. The molecule has 1 aliphatic rings. The third kappa shape index (κ3) is 2.97. The van der Waals surface area contributed by atoms with Crippen LogP contribution in [0.25, 0.3) is 0 Å². The number of carbonyl (C=O) groups is 1. The Balaban J connectivity index is 2.03. The molecule has 0 spiro atoms. The number of hydrogen-bond donors (Lipinski definition) is 0. The SMILES string of the molecule is C[C@@H]1CN(c2ccc(Cl)cc2)CCN1C(Cl)C=O. The fourth-order valence-electron chi connectivity index (χ4n) is 2.30. The van der Waals surface area contributed by atoms with Crippen molar-refractivity contribution in [3.8, 4) is 0 Å². The molecule has 2 rings (SSSR count). The summed E-state index contributed by atoms with van der Waals surface area (Å²) in [6.45, 7) is 4.60. The smallest absolute Gasteiger partial charge is 0.152 e. The van der Waals surface area contributed by atoms with Gasteiger partial charge in [0.1, 0.15) is 5.50 Å². The topological polar surface area (TPSA) is 23.6 Å². The summed E-state index contributed by atoms with van der Waals surface area (Å²) in [5, 5.41) is 0.743. The molecule has 2 atom stereocenters. The standard InChI is InChI=1S/C13H16Cl2N2O/c1-10-8-16(6-7-17(10)13(15)9-18)12-4-2-11(14)3-5-12/h2-5,9-10,13H,6-8H2,1H3/t10-,13?/m1/s1. The molecule has 0 saturated carbocycles. The van der Waals surface area contributed by atoms with Gasteiger partial charge in [-0.15, -0.1) is 0 Å². The number of nitrogens with zero attached hydrogens (tertiary/aromatic N) is 2. The number of benzene rings is 1. The molecular formula is C13H16Cl2N2O. The third-order valence-electron chi connectivity index (χ3n) is 3.30. The zero-order valence-corrected chi connectivity index (χ0v) is 11.7. The molecule has 18 heavy (non-hydrogen) atoms. The fraction of sp³-hybridized carbons (Fsp3) is 0.462. The lowest BCUT2D eigenvalue weighted by Gasteiger charge is -2.41. The fourth-order valence-corrected chi connectivity index (χ4v) is 2.72. The summed E-state index contributed by atoms with van der Waals surface area (Å²) in [5.74, 6) is 0. The van der Waals surface area contributed by atoms with Gasteiger partial charge in [-0.25, -0.2) is 0 Å². The molecule has 1 aliphatic heterocycles. The number of aldehydes is 1. The number of hydrogen-bond acceptors (Lipinski definition) is 3. The molecular weight excluding hydrogens is 271 g/mol. The molecule has 1 heterocycles. The van der Waals surface area contributed by atoms with Crippen molar-refractivity contribution in [2.75, 3.05) is 24.5 Å². The van der Waals surface area contributed by atoms with E-state index in [0.29, 0.717) is 0 Å². The number of carbonyl (C=O) groups excluding carboxylic acids is 1. The van der Waals surface area contributed by atoms with Crippen LogP contribution in [0, 0.1) is 0 Å². The van der Waals surface area contributed by atoms with Gasteiger partial charge in [-0.05, 0) is 31.2 Å². The Hall–Kier alpha value is -0.770. The van der Waals surface area contributed by atoms with E-state index in [9.17, 15) is 4.79 Å². The van der Waals surface area contributed by atoms with Gasteiger partial charge in [0.2, 0.25) is 0 Å². The maximum Gasteiger partial charge on any atom is 0.152 e. The quantitative estimate of drug-likeness (QED) is 0.485. The summed E-state index contributed by atoms with van der Waals surface area (Å²) in [6.07, 6.45) is 0.788. The molecule has 0 bridgehead atoms. The number of piperazine rings is 1. The number of halogens is 2. The van der Waals surface area contributed by atoms with Gasteiger partial charge in [0, 0.05) is 36.4 Å². The summed E-state index contributed by atoms with van der Waals surface area (Å²) in [6, 6.07) is 8.07. The van der Waals surface area contributed by atoms with Gasteiger partial charge in [-0.3, -0.25) is 4.90 Å². The van der Waals surface area contributed by atoms with E-state index in [0.717, 1.165) is 36.6 Å². The Labute approximate surface area is 117 Å². The number of rotatable bonds is 3. The summed E-state index contributed by atoms with van der Waals surface area (Å²) in [5.41, 5.74) is 0.635. The van der Waals surface area contributed by atoms with Crippen molar-refractivity contribution in [1.82, 2.24) is 4.90 Å². The van der Waals surface area contributed by atoms with Gasteiger partial charge < -0.3 is 9.69 Å². The lowest BCUT2D eigenvalue weighted by Crippen LogP contribution is -2.54. The van der Waals surface area contributed by atoms with Crippen molar-refractivity contribution in [1.29, 1.82) is 0 Å². The lowest BCUT2D eigenvalue weighted by atomic mass is 10.1. The third-order valence-corrected chi connectivity index (χ3v) is 3.91. The van der Waals surface area contributed by atoms with E-state index in [2.05, 4.69) is 11.8 Å². The van der Waals surface area contributed by atoms with Gasteiger partial charge >= 0.3 is 0 Å². The first-order chi connectivity index (χ1) is 8.61. The molecule has 0 radical (unpaired) electrons. The van der Waals surface area contributed by atoms with E-state index in [1.807, 2.05) is 29.2 Å². The lowest BCUT2D eigenvalue weighted by molar-refractivity contribution is -0.110. The molecule has 1 aromatic rings. The van der Waals surface area contributed by atoms with Gasteiger partial charge in [0.05, 0.1) is 0 Å². The van der Waals surface area contributed by atoms with Crippen LogP contribution in [0.1, 0.15) is 6.92 Å². The molecule has 1 unspecified atom stereocenters. The van der Waals surface area contributed by atoms with Crippen molar-refractivity contribution >= 4 is 35.2 Å². The van der Waals surface area contributed by atoms with E-state index in [-0.39, 0.29) is 6.04 Å². The maximum atomic E-state index is 10.7. The van der Waals surface area contributed by atoms with Gasteiger partial charge in [0.25, 0.3) is 0 Å². The van der Waals surface area contributed by atoms with Crippen LogP contribution in [-0.4, -0.2) is 42.4 Å². The molecule has 5 heteroatoms. The zero-order chi connectivity index (χ0) is 13.1. The molecule has 1 fully saturated rings. The highest BCUT2D eigenvalue weighted by atomic mass is 35.5. The van der Waals surface area contributed by atoms with Crippen LogP contribution in [0.5, 0.6) is 0 Å². The minimum atomic E-state index is -0.521. The monoisotopic (exact) mass is 286 g/mol. The average Bonchev–Trinajstić information content (AvgIpc) is 2.38. The Morgan fingerprint density at radius 3 is 2.56 bits per heavy atom. The second-order valence-corrected chi connectivity index (χ2v) is 5.40. The Kier molecular flexibility index (Phi) is 4.49. The van der Waals surface area contributed by atoms with Crippen molar-refractivity contribution in [3.63, 3.8) is 0 Å². The number of anilines is 1. The van der Waals surface area contributed by atoms with Gasteiger partial charge in [0.15, 0.2) is 6.29 Å². The summed E-state index contributed by atoms with van der Waals surface area (Å²) < 4.78 is 0. The van der Waals surface area contributed by atoms with E-state index >= 15 is 0 Å². The van der Waals surface area contributed by atoms with E-state index in [1.54, 1.807) is 0 Å². The van der Waals surface area contributed by atoms with Crippen LogP contribution in [0.3, 0.4) is 0 Å². The van der Waals surface area contributed by atoms with Crippen LogP contribution < -0.4 is 4.90 Å². The second kappa shape index (κ2) is 5.91. The van der Waals surface area contributed by atoms with Crippen molar-refractivity contribution in [2.45, 2.75) is 18.5 Å². The van der Waals surface area contributed by atoms with Crippen molar-refractivity contribution in [2.24, 2.45) is 0 Å². The Morgan fingerprint density at radius 1 is 1.33 bits per heavy atom. The highest BCUT2D eigenvalue weighted by molar-refractivity contribution is 6.30. The molecule has 98 valence electrons. The first-order valence-corrected chi connectivity index (χ1v) is 6.79.